The summed E-state index contributed by atoms with van der Waals surface area (Å²) in [5, 5.41) is 9.79. The van der Waals surface area contributed by atoms with Gasteiger partial charge in [-0.25, -0.2) is 9.69 Å². The van der Waals surface area contributed by atoms with Crippen molar-refractivity contribution in [2.24, 2.45) is 0 Å². The van der Waals surface area contributed by atoms with Gasteiger partial charge < -0.3 is 9.72 Å². The smallest absolute Gasteiger partial charge is 0.243 e. The number of nitrogens with zero attached hydrogens (tertiary/aromatic N) is 1. The Balaban J connectivity index is 1.49. The standard InChI is InChI=1S/C28H31N3O4S/c1-35-25-13-15-26(16-14-25)36(34)31(19-5-3-2-4-6-28(32)30-33)24-11-9-21(10-12-24)23-8-7-22-17-18-29-27(22)20-23/h7-18,20,29,33H,2-6,19H2,1H3,(H,30,32). The van der Waals surface area contributed by atoms with E-state index in [0.717, 1.165) is 47.3 Å². The summed E-state index contributed by atoms with van der Waals surface area (Å²) in [6.07, 6.45) is 5.51. The number of benzene rings is 3. The number of hydrogen-bond donors (Lipinski definition) is 3. The zero-order chi connectivity index (χ0) is 25.3. The Labute approximate surface area is 213 Å². The molecule has 0 bridgehead atoms. The molecular weight excluding hydrogens is 474 g/mol. The Morgan fingerprint density at radius 3 is 2.39 bits per heavy atom. The molecule has 36 heavy (non-hydrogen) atoms. The van der Waals surface area contributed by atoms with E-state index in [1.165, 1.54) is 5.39 Å². The van der Waals surface area contributed by atoms with E-state index in [1.54, 1.807) is 12.6 Å². The SMILES string of the molecule is COc1ccc(S(=O)N(CCCCCCC(=O)NO)c2ccc(-c3ccc4cc[nH]c4c3)cc2)cc1. The lowest BCUT2D eigenvalue weighted by atomic mass is 10.0. The molecule has 0 fully saturated rings. The highest BCUT2D eigenvalue weighted by atomic mass is 32.2. The van der Waals surface area contributed by atoms with Crippen molar-refractivity contribution < 1.29 is 18.9 Å². The normalized spacial score (nSPS) is 11.8. The van der Waals surface area contributed by atoms with Crippen LogP contribution in [-0.4, -0.2) is 34.0 Å². The van der Waals surface area contributed by atoms with Crippen LogP contribution in [0.3, 0.4) is 0 Å². The number of carbonyl (C=O) groups is 1. The molecule has 1 unspecified atom stereocenters. The van der Waals surface area contributed by atoms with Crippen molar-refractivity contribution in [2.45, 2.75) is 37.0 Å². The highest BCUT2D eigenvalue weighted by Gasteiger charge is 2.17. The fourth-order valence-electron chi connectivity index (χ4n) is 4.13. The number of carbonyl (C=O) groups excluding carboxylic acids is 1. The molecule has 7 nitrogen and oxygen atoms in total. The van der Waals surface area contributed by atoms with Gasteiger partial charge in [0, 0.05) is 30.4 Å². The van der Waals surface area contributed by atoms with Crippen LogP contribution in [0.1, 0.15) is 32.1 Å². The lowest BCUT2D eigenvalue weighted by Crippen LogP contribution is -2.27. The van der Waals surface area contributed by atoms with Crippen molar-refractivity contribution in [2.75, 3.05) is 18.0 Å². The molecule has 0 radical (unpaired) electrons. The molecule has 0 aliphatic rings. The lowest BCUT2D eigenvalue weighted by molar-refractivity contribution is -0.129. The Morgan fingerprint density at radius 2 is 1.67 bits per heavy atom. The number of aromatic nitrogens is 1. The summed E-state index contributed by atoms with van der Waals surface area (Å²) in [6.45, 7) is 0.610. The molecule has 0 saturated heterocycles. The Bertz CT molecular complexity index is 1300. The number of fused-ring (bicyclic) bond motifs is 1. The van der Waals surface area contributed by atoms with Crippen LogP contribution in [0, 0.1) is 0 Å². The summed E-state index contributed by atoms with van der Waals surface area (Å²) in [4.78, 5) is 15.2. The first-order valence-electron chi connectivity index (χ1n) is 12.0. The van der Waals surface area contributed by atoms with E-state index >= 15 is 0 Å². The molecule has 0 spiro atoms. The van der Waals surface area contributed by atoms with Gasteiger partial charge in [-0.1, -0.05) is 37.1 Å². The molecule has 4 rings (SSSR count). The number of aromatic amines is 1. The van der Waals surface area contributed by atoms with Gasteiger partial charge in [0.15, 0.2) is 11.0 Å². The average molecular weight is 506 g/mol. The molecule has 0 aliphatic heterocycles. The summed E-state index contributed by atoms with van der Waals surface area (Å²) in [5.41, 5.74) is 5.85. The highest BCUT2D eigenvalue weighted by Crippen LogP contribution is 2.28. The second kappa shape index (κ2) is 12.4. The zero-order valence-corrected chi connectivity index (χ0v) is 21.1. The van der Waals surface area contributed by atoms with Crippen LogP contribution in [0.5, 0.6) is 5.75 Å². The predicted molar refractivity (Wildman–Crippen MR) is 143 cm³/mol. The number of nitrogens with one attached hydrogen (secondary N) is 2. The number of hydroxylamine groups is 1. The van der Waals surface area contributed by atoms with Crippen molar-refractivity contribution in [1.29, 1.82) is 0 Å². The molecule has 4 aromatic rings. The van der Waals surface area contributed by atoms with Gasteiger partial charge in [0.1, 0.15) is 5.75 Å². The van der Waals surface area contributed by atoms with Gasteiger partial charge in [-0.3, -0.25) is 14.3 Å². The van der Waals surface area contributed by atoms with Crippen LogP contribution in [0.2, 0.25) is 0 Å². The number of rotatable bonds is 12. The molecule has 0 saturated carbocycles. The van der Waals surface area contributed by atoms with E-state index in [2.05, 4.69) is 41.4 Å². The Hall–Kier alpha value is -3.62. The molecule has 1 heterocycles. The molecule has 1 aromatic heterocycles. The number of methoxy groups -OCH3 is 1. The molecule has 8 heteroatoms. The highest BCUT2D eigenvalue weighted by molar-refractivity contribution is 7.86. The van der Waals surface area contributed by atoms with Gasteiger partial charge in [-0.15, -0.1) is 0 Å². The first-order valence-corrected chi connectivity index (χ1v) is 13.1. The Kier molecular flexibility index (Phi) is 8.76. The monoisotopic (exact) mass is 505 g/mol. The van der Waals surface area contributed by atoms with Crippen LogP contribution in [-0.2, 0) is 15.8 Å². The van der Waals surface area contributed by atoms with Crippen molar-refractivity contribution in [1.82, 2.24) is 10.5 Å². The molecule has 188 valence electrons. The number of anilines is 1. The van der Waals surface area contributed by atoms with E-state index in [4.69, 9.17) is 9.94 Å². The summed E-state index contributed by atoms with van der Waals surface area (Å²) in [6, 6.07) is 23.8. The fourth-order valence-corrected chi connectivity index (χ4v) is 5.36. The van der Waals surface area contributed by atoms with E-state index in [0.29, 0.717) is 24.3 Å². The first-order chi connectivity index (χ1) is 17.6. The summed E-state index contributed by atoms with van der Waals surface area (Å²) in [5.74, 6) is 0.352. The molecular formula is C28H31N3O4S. The van der Waals surface area contributed by atoms with Crippen molar-refractivity contribution >= 4 is 33.5 Å². The largest absolute Gasteiger partial charge is 0.497 e. The van der Waals surface area contributed by atoms with Crippen LogP contribution in [0.4, 0.5) is 5.69 Å². The number of hydrogen-bond acceptors (Lipinski definition) is 4. The van der Waals surface area contributed by atoms with E-state index in [9.17, 15) is 9.00 Å². The van der Waals surface area contributed by atoms with Gasteiger partial charge in [-0.05, 0) is 77.9 Å². The Morgan fingerprint density at radius 1 is 0.944 bits per heavy atom. The summed E-state index contributed by atoms with van der Waals surface area (Å²) >= 11 is 0. The maximum absolute atomic E-state index is 13.6. The van der Waals surface area contributed by atoms with E-state index in [-0.39, 0.29) is 5.91 Å². The third-order valence-corrected chi connectivity index (χ3v) is 7.61. The van der Waals surface area contributed by atoms with Gasteiger partial charge in [0.25, 0.3) is 0 Å². The number of unbranched alkanes of at least 4 members (excludes halogenated alkanes) is 3. The van der Waals surface area contributed by atoms with Gasteiger partial charge >= 0.3 is 0 Å². The minimum absolute atomic E-state index is 0.299. The number of H-pyrrole nitrogens is 1. The van der Waals surface area contributed by atoms with Gasteiger partial charge in [0.05, 0.1) is 12.0 Å². The number of amides is 1. The molecule has 3 aromatic carbocycles. The predicted octanol–water partition coefficient (Wildman–Crippen LogP) is 5.83. The van der Waals surface area contributed by atoms with Gasteiger partial charge in [0.2, 0.25) is 5.91 Å². The molecule has 1 amide bonds. The van der Waals surface area contributed by atoms with Crippen molar-refractivity contribution in [3.05, 3.63) is 79.0 Å². The zero-order valence-electron chi connectivity index (χ0n) is 20.3. The molecule has 3 N–H and O–H groups in total. The summed E-state index contributed by atoms with van der Waals surface area (Å²) in [7, 11) is 0.222. The quantitative estimate of drug-likeness (QED) is 0.128. The topological polar surface area (TPSA) is 94.7 Å². The van der Waals surface area contributed by atoms with Crippen LogP contribution < -0.4 is 14.5 Å². The first kappa shape index (κ1) is 25.5. The van der Waals surface area contributed by atoms with Crippen LogP contribution in [0.25, 0.3) is 22.0 Å². The average Bonchev–Trinajstić information content (AvgIpc) is 3.40. The van der Waals surface area contributed by atoms with Crippen LogP contribution >= 0.6 is 0 Å². The maximum atomic E-state index is 13.6. The fraction of sp³-hybridized carbons (Fsp3) is 0.250. The number of ether oxygens (including phenoxy) is 1. The second-order valence-corrected chi connectivity index (χ2v) is 9.96. The maximum Gasteiger partial charge on any atom is 0.243 e. The molecule has 1 atom stereocenters. The van der Waals surface area contributed by atoms with E-state index < -0.39 is 11.0 Å². The summed E-state index contributed by atoms with van der Waals surface area (Å²) < 4.78 is 20.7. The third kappa shape index (κ3) is 6.33. The molecule has 0 aliphatic carbocycles. The minimum Gasteiger partial charge on any atom is -0.497 e. The van der Waals surface area contributed by atoms with Gasteiger partial charge in [-0.2, -0.15) is 0 Å². The lowest BCUT2D eigenvalue weighted by Gasteiger charge is -2.24. The van der Waals surface area contributed by atoms with Crippen molar-refractivity contribution in [3.8, 4) is 16.9 Å². The second-order valence-electron chi connectivity index (χ2n) is 8.55. The third-order valence-electron chi connectivity index (χ3n) is 6.14. The van der Waals surface area contributed by atoms with Crippen molar-refractivity contribution in [3.63, 3.8) is 0 Å². The minimum atomic E-state index is -1.39. The van der Waals surface area contributed by atoms with Crippen LogP contribution in [0.15, 0.2) is 83.9 Å². The van der Waals surface area contributed by atoms with E-state index in [1.807, 2.05) is 46.9 Å².